The number of hydrogen-bond donors (Lipinski definition) is 1. The van der Waals surface area contributed by atoms with E-state index in [-0.39, 0.29) is 16.8 Å². The number of piperazine rings is 1. The van der Waals surface area contributed by atoms with Crippen LogP contribution in [0.1, 0.15) is 24.2 Å². The van der Waals surface area contributed by atoms with Crippen molar-refractivity contribution >= 4 is 21.6 Å². The first-order chi connectivity index (χ1) is 12.9. The molecule has 1 aromatic heterocycles. The van der Waals surface area contributed by atoms with E-state index in [1.165, 1.54) is 12.1 Å². The highest BCUT2D eigenvalue weighted by Gasteiger charge is 2.24. The van der Waals surface area contributed by atoms with Crippen molar-refractivity contribution in [2.45, 2.75) is 24.8 Å². The Hall–Kier alpha value is -2.45. The zero-order valence-electron chi connectivity index (χ0n) is 15.5. The third-order valence-corrected chi connectivity index (χ3v) is 6.03. The molecule has 0 saturated carbocycles. The summed E-state index contributed by atoms with van der Waals surface area (Å²) in [6.07, 6.45) is 3.51. The minimum atomic E-state index is -3.63. The van der Waals surface area contributed by atoms with Gasteiger partial charge in [0.05, 0.1) is 4.90 Å². The number of nitrogens with one attached hydrogen (secondary N) is 1. The quantitative estimate of drug-likeness (QED) is 0.844. The van der Waals surface area contributed by atoms with Crippen molar-refractivity contribution in [2.24, 2.45) is 0 Å². The smallest absolute Gasteiger partial charge is 0.254 e. The summed E-state index contributed by atoms with van der Waals surface area (Å²) in [7, 11) is -3.63. The number of aromatic nitrogens is 1. The van der Waals surface area contributed by atoms with Gasteiger partial charge in [-0.2, -0.15) is 0 Å². The molecule has 0 radical (unpaired) electrons. The minimum absolute atomic E-state index is 0.109. The first-order valence-electron chi connectivity index (χ1n) is 8.93. The molecule has 8 heteroatoms. The normalized spacial score (nSPS) is 15.2. The Balaban J connectivity index is 1.69. The molecule has 3 rings (SSSR count). The zero-order chi connectivity index (χ0) is 19.4. The van der Waals surface area contributed by atoms with Gasteiger partial charge in [-0.3, -0.25) is 9.78 Å². The molecule has 0 spiro atoms. The lowest BCUT2D eigenvalue weighted by Crippen LogP contribution is -2.48. The maximum Gasteiger partial charge on any atom is 0.254 e. The lowest BCUT2D eigenvalue weighted by molar-refractivity contribution is 0.0746. The second kappa shape index (κ2) is 8.06. The van der Waals surface area contributed by atoms with Gasteiger partial charge in [0, 0.05) is 55.9 Å². The Morgan fingerprint density at radius 1 is 1.07 bits per heavy atom. The van der Waals surface area contributed by atoms with Crippen LogP contribution in [0.4, 0.5) is 5.69 Å². The van der Waals surface area contributed by atoms with E-state index in [1.807, 2.05) is 12.1 Å². The van der Waals surface area contributed by atoms with Gasteiger partial charge in [0.2, 0.25) is 10.0 Å². The van der Waals surface area contributed by atoms with Crippen LogP contribution in [0.5, 0.6) is 0 Å². The van der Waals surface area contributed by atoms with E-state index in [0.717, 1.165) is 18.8 Å². The molecule has 1 aromatic carbocycles. The molecule has 144 valence electrons. The number of carbonyl (C=O) groups is 1. The lowest BCUT2D eigenvalue weighted by atomic mass is 10.1. The number of anilines is 1. The molecule has 1 amide bonds. The Labute approximate surface area is 160 Å². The molecule has 27 heavy (non-hydrogen) atoms. The molecule has 1 saturated heterocycles. The van der Waals surface area contributed by atoms with Crippen molar-refractivity contribution in [3.05, 3.63) is 54.4 Å². The fourth-order valence-corrected chi connectivity index (χ4v) is 4.38. The largest absolute Gasteiger partial charge is 0.368 e. The molecule has 0 unspecified atom stereocenters. The van der Waals surface area contributed by atoms with Crippen LogP contribution in [-0.2, 0) is 10.0 Å². The number of rotatable bonds is 5. The van der Waals surface area contributed by atoms with Crippen molar-refractivity contribution in [2.75, 3.05) is 31.1 Å². The van der Waals surface area contributed by atoms with Gasteiger partial charge in [-0.05, 0) is 44.2 Å². The third-order valence-electron chi connectivity index (χ3n) is 4.38. The summed E-state index contributed by atoms with van der Waals surface area (Å²) in [5.41, 5.74) is 1.48. The number of amides is 1. The van der Waals surface area contributed by atoms with Crippen LogP contribution in [0, 0.1) is 0 Å². The van der Waals surface area contributed by atoms with E-state index in [4.69, 9.17) is 0 Å². The van der Waals surface area contributed by atoms with Crippen LogP contribution < -0.4 is 9.62 Å². The Morgan fingerprint density at radius 3 is 2.37 bits per heavy atom. The third kappa shape index (κ3) is 4.64. The summed E-state index contributed by atoms with van der Waals surface area (Å²) in [5.74, 6) is -0.147. The predicted molar refractivity (Wildman–Crippen MR) is 104 cm³/mol. The number of benzene rings is 1. The second-order valence-electron chi connectivity index (χ2n) is 6.79. The second-order valence-corrected chi connectivity index (χ2v) is 8.50. The molecule has 0 atom stereocenters. The lowest BCUT2D eigenvalue weighted by Gasteiger charge is -2.36. The standard InChI is InChI=1S/C19H24N4O3S/c1-15(2)21-27(25,26)18-5-3-4-16(14-18)19(24)23-12-10-22(11-13-23)17-6-8-20-9-7-17/h3-9,14-15,21H,10-13H2,1-2H3. The fraction of sp³-hybridized carbons (Fsp3) is 0.368. The van der Waals surface area contributed by atoms with Gasteiger partial charge in [-0.1, -0.05) is 6.07 Å². The van der Waals surface area contributed by atoms with E-state index in [2.05, 4.69) is 14.6 Å². The number of pyridine rings is 1. The van der Waals surface area contributed by atoms with E-state index >= 15 is 0 Å². The van der Waals surface area contributed by atoms with Crippen molar-refractivity contribution in [3.8, 4) is 0 Å². The number of carbonyl (C=O) groups excluding carboxylic acids is 1. The van der Waals surface area contributed by atoms with E-state index in [0.29, 0.717) is 18.7 Å². The summed E-state index contributed by atoms with van der Waals surface area (Å²) in [4.78, 5) is 20.9. The molecule has 0 bridgehead atoms. The monoisotopic (exact) mass is 388 g/mol. The van der Waals surface area contributed by atoms with Gasteiger partial charge in [0.1, 0.15) is 0 Å². The van der Waals surface area contributed by atoms with E-state index in [9.17, 15) is 13.2 Å². The molecule has 1 aliphatic heterocycles. The van der Waals surface area contributed by atoms with Crippen LogP contribution in [0.15, 0.2) is 53.7 Å². The summed E-state index contributed by atoms with van der Waals surface area (Å²) < 4.78 is 27.2. The van der Waals surface area contributed by atoms with Crippen LogP contribution in [0.25, 0.3) is 0 Å². The molecule has 1 fully saturated rings. The van der Waals surface area contributed by atoms with Crippen molar-refractivity contribution in [3.63, 3.8) is 0 Å². The maximum atomic E-state index is 12.8. The van der Waals surface area contributed by atoms with Gasteiger partial charge in [0.25, 0.3) is 5.91 Å². The average molecular weight is 388 g/mol. The topological polar surface area (TPSA) is 82.6 Å². The number of sulfonamides is 1. The highest BCUT2D eigenvalue weighted by atomic mass is 32.2. The molecular formula is C19H24N4O3S. The van der Waals surface area contributed by atoms with E-state index in [1.54, 1.807) is 43.3 Å². The van der Waals surface area contributed by atoms with Gasteiger partial charge in [-0.25, -0.2) is 13.1 Å². The fourth-order valence-electron chi connectivity index (χ4n) is 3.08. The Morgan fingerprint density at radius 2 is 1.74 bits per heavy atom. The van der Waals surface area contributed by atoms with Gasteiger partial charge < -0.3 is 9.80 Å². The van der Waals surface area contributed by atoms with E-state index < -0.39 is 10.0 Å². The van der Waals surface area contributed by atoms with Crippen LogP contribution in [-0.4, -0.2) is 56.4 Å². The SMILES string of the molecule is CC(C)NS(=O)(=O)c1cccc(C(=O)N2CCN(c3ccncc3)CC2)c1. The van der Waals surface area contributed by atoms with Crippen LogP contribution >= 0.6 is 0 Å². The molecule has 7 nitrogen and oxygen atoms in total. The van der Waals surface area contributed by atoms with Crippen LogP contribution in [0.3, 0.4) is 0 Å². The van der Waals surface area contributed by atoms with Crippen LogP contribution in [0.2, 0.25) is 0 Å². The maximum absolute atomic E-state index is 12.8. The zero-order valence-corrected chi connectivity index (χ0v) is 16.3. The highest BCUT2D eigenvalue weighted by Crippen LogP contribution is 2.18. The van der Waals surface area contributed by atoms with Gasteiger partial charge in [0.15, 0.2) is 0 Å². The van der Waals surface area contributed by atoms with Crippen molar-refractivity contribution in [1.29, 1.82) is 0 Å². The van der Waals surface area contributed by atoms with Gasteiger partial charge in [-0.15, -0.1) is 0 Å². The number of hydrogen-bond acceptors (Lipinski definition) is 5. The van der Waals surface area contributed by atoms with Crippen molar-refractivity contribution in [1.82, 2.24) is 14.6 Å². The molecule has 2 aromatic rings. The first-order valence-corrected chi connectivity index (χ1v) is 10.4. The van der Waals surface area contributed by atoms with Gasteiger partial charge >= 0.3 is 0 Å². The predicted octanol–water partition coefficient (Wildman–Crippen LogP) is 1.73. The molecule has 1 aliphatic rings. The summed E-state index contributed by atoms with van der Waals surface area (Å²) >= 11 is 0. The molecule has 2 heterocycles. The Bertz CT molecular complexity index is 892. The minimum Gasteiger partial charge on any atom is -0.368 e. The highest BCUT2D eigenvalue weighted by molar-refractivity contribution is 7.89. The number of nitrogens with zero attached hydrogens (tertiary/aromatic N) is 3. The summed E-state index contributed by atoms with van der Waals surface area (Å²) in [5, 5.41) is 0. The molecule has 1 N–H and O–H groups in total. The summed E-state index contributed by atoms with van der Waals surface area (Å²) in [6, 6.07) is 9.91. The molecular weight excluding hydrogens is 364 g/mol. The van der Waals surface area contributed by atoms with Crippen molar-refractivity contribution < 1.29 is 13.2 Å². The first kappa shape index (κ1) is 19.3. The molecule has 0 aliphatic carbocycles. The summed E-state index contributed by atoms with van der Waals surface area (Å²) in [6.45, 7) is 6.14. The average Bonchev–Trinajstić information content (AvgIpc) is 2.67. The Kier molecular flexibility index (Phi) is 5.76.